The zero-order valence-corrected chi connectivity index (χ0v) is 18.0. The Morgan fingerprint density at radius 2 is 2.06 bits per heavy atom. The van der Waals surface area contributed by atoms with Crippen LogP contribution in [0, 0.1) is 11.7 Å². The van der Waals surface area contributed by atoms with Gasteiger partial charge < -0.3 is 18.9 Å². The number of para-hydroxylation sites is 1. The summed E-state index contributed by atoms with van der Waals surface area (Å²) in [5.74, 6) is 1.11. The normalized spacial score (nSPS) is 21.4. The van der Waals surface area contributed by atoms with Gasteiger partial charge in [0.1, 0.15) is 5.75 Å². The molecule has 3 heterocycles. The Labute approximate surface area is 185 Å². The summed E-state index contributed by atoms with van der Waals surface area (Å²) in [6.45, 7) is 4.19. The van der Waals surface area contributed by atoms with E-state index in [-0.39, 0.29) is 17.4 Å². The maximum atomic E-state index is 14.0. The second-order valence-electron chi connectivity index (χ2n) is 8.49. The zero-order valence-electron chi connectivity index (χ0n) is 18.0. The van der Waals surface area contributed by atoms with Crippen molar-refractivity contribution in [1.82, 2.24) is 10.1 Å². The van der Waals surface area contributed by atoms with Crippen LogP contribution in [0.2, 0.25) is 0 Å². The molecule has 0 bridgehead atoms. The van der Waals surface area contributed by atoms with Crippen LogP contribution in [0.15, 0.2) is 47.0 Å². The predicted octanol–water partition coefficient (Wildman–Crippen LogP) is 3.73. The van der Waals surface area contributed by atoms with Gasteiger partial charge in [0.25, 0.3) is 0 Å². The van der Waals surface area contributed by atoms with Gasteiger partial charge in [-0.15, -0.1) is 0 Å². The van der Waals surface area contributed by atoms with Gasteiger partial charge in [0.05, 0.1) is 24.7 Å². The average Bonchev–Trinajstić information content (AvgIpc) is 3.27. The second kappa shape index (κ2) is 8.78. The minimum atomic E-state index is -0.377. The van der Waals surface area contributed by atoms with Gasteiger partial charge in [-0.2, -0.15) is 0 Å². The number of piperazine rings is 1. The highest BCUT2D eigenvalue weighted by Crippen LogP contribution is 2.32. The maximum absolute atomic E-state index is 14.0. The molecular weight excluding hydrogens is 413 g/mol. The number of halogens is 1. The predicted molar refractivity (Wildman–Crippen MR) is 118 cm³/mol. The number of anilines is 1. The van der Waals surface area contributed by atoms with E-state index >= 15 is 0 Å². The molecule has 2 aliphatic heterocycles. The molecule has 1 aromatic heterocycles. The Kier molecular flexibility index (Phi) is 5.70. The molecule has 0 amide bonds. The van der Waals surface area contributed by atoms with Crippen molar-refractivity contribution in [2.45, 2.75) is 18.9 Å². The van der Waals surface area contributed by atoms with E-state index in [1.807, 2.05) is 12.1 Å². The number of benzene rings is 2. The molecule has 0 unspecified atom stereocenters. The standard InChI is InChI=1S/C24H26FN3O4/c1-30-24(29)17-4-2-5-19(12-17)31-15-16-8-9-18-14-28(11-10-27(18)13-16)23-20-6-3-7-21(25)22(20)32-26-23/h2-7,12,16,18H,8-11,13-15H2,1H3/t16-,18-/m0/s1. The number of aromatic nitrogens is 1. The molecule has 2 saturated heterocycles. The largest absolute Gasteiger partial charge is 0.493 e. The number of ether oxygens (including phenoxy) is 2. The molecule has 0 radical (unpaired) electrons. The molecule has 2 atom stereocenters. The van der Waals surface area contributed by atoms with E-state index in [0.29, 0.717) is 29.9 Å². The van der Waals surface area contributed by atoms with E-state index in [2.05, 4.69) is 15.0 Å². The number of rotatable bonds is 5. The van der Waals surface area contributed by atoms with Crippen molar-refractivity contribution >= 4 is 22.8 Å². The first-order valence-corrected chi connectivity index (χ1v) is 11.0. The van der Waals surface area contributed by atoms with Crippen LogP contribution in [0.4, 0.5) is 10.2 Å². The van der Waals surface area contributed by atoms with E-state index in [1.165, 1.54) is 13.2 Å². The molecule has 2 aromatic carbocycles. The van der Waals surface area contributed by atoms with Crippen molar-refractivity contribution in [3.8, 4) is 5.75 Å². The first-order chi connectivity index (χ1) is 15.6. The Balaban J connectivity index is 1.18. The zero-order chi connectivity index (χ0) is 22.1. The number of nitrogens with zero attached hydrogens (tertiary/aromatic N) is 3. The van der Waals surface area contributed by atoms with Crippen molar-refractivity contribution in [2.24, 2.45) is 5.92 Å². The van der Waals surface area contributed by atoms with Crippen molar-refractivity contribution in [1.29, 1.82) is 0 Å². The molecule has 8 heteroatoms. The Bertz CT molecular complexity index is 1120. The lowest BCUT2D eigenvalue weighted by Crippen LogP contribution is -2.57. The van der Waals surface area contributed by atoms with Crippen molar-refractivity contribution in [3.63, 3.8) is 0 Å². The SMILES string of the molecule is COC(=O)c1cccc(OC[C@H]2CC[C@H]3CN(c4noc5c(F)cccc45)CCN3C2)c1. The fourth-order valence-electron chi connectivity index (χ4n) is 4.78. The lowest BCUT2D eigenvalue weighted by atomic mass is 9.91. The summed E-state index contributed by atoms with van der Waals surface area (Å²) >= 11 is 0. The van der Waals surface area contributed by atoms with E-state index < -0.39 is 0 Å². The molecule has 2 fully saturated rings. The number of esters is 1. The fraction of sp³-hybridized carbons (Fsp3) is 0.417. The minimum Gasteiger partial charge on any atom is -0.493 e. The monoisotopic (exact) mass is 439 g/mol. The fourth-order valence-corrected chi connectivity index (χ4v) is 4.78. The molecule has 168 valence electrons. The van der Waals surface area contributed by atoms with Crippen LogP contribution >= 0.6 is 0 Å². The summed E-state index contributed by atoms with van der Waals surface area (Å²) < 4.78 is 30.0. The summed E-state index contributed by atoms with van der Waals surface area (Å²) in [7, 11) is 1.37. The van der Waals surface area contributed by atoms with E-state index in [0.717, 1.165) is 50.2 Å². The molecule has 0 N–H and O–H groups in total. The van der Waals surface area contributed by atoms with Crippen LogP contribution in [0.25, 0.3) is 11.0 Å². The lowest BCUT2D eigenvalue weighted by molar-refractivity contribution is 0.0599. The Hall–Kier alpha value is -3.13. The van der Waals surface area contributed by atoms with Gasteiger partial charge in [0, 0.05) is 38.1 Å². The van der Waals surface area contributed by atoms with Crippen LogP contribution in [0.1, 0.15) is 23.2 Å². The van der Waals surface area contributed by atoms with Gasteiger partial charge in [0.2, 0.25) is 5.58 Å². The number of carbonyl (C=O) groups excluding carboxylic acids is 1. The number of piperidine rings is 1. The first kappa shape index (κ1) is 20.8. The van der Waals surface area contributed by atoms with Gasteiger partial charge >= 0.3 is 5.97 Å². The lowest BCUT2D eigenvalue weighted by Gasteiger charge is -2.46. The summed E-state index contributed by atoms with van der Waals surface area (Å²) in [4.78, 5) is 16.4. The van der Waals surface area contributed by atoms with E-state index in [4.69, 9.17) is 14.0 Å². The third-order valence-electron chi connectivity index (χ3n) is 6.48. The van der Waals surface area contributed by atoms with Crippen LogP contribution in [-0.4, -0.2) is 62.0 Å². The van der Waals surface area contributed by atoms with Gasteiger partial charge in [0.15, 0.2) is 11.6 Å². The number of hydrogen-bond acceptors (Lipinski definition) is 7. The number of methoxy groups -OCH3 is 1. The highest BCUT2D eigenvalue weighted by molar-refractivity contribution is 5.90. The van der Waals surface area contributed by atoms with Gasteiger partial charge in [-0.25, -0.2) is 9.18 Å². The summed E-state index contributed by atoms with van der Waals surface area (Å²) in [6.07, 6.45) is 2.14. The third-order valence-corrected chi connectivity index (χ3v) is 6.48. The highest BCUT2D eigenvalue weighted by atomic mass is 19.1. The quantitative estimate of drug-likeness (QED) is 0.561. The number of fused-ring (bicyclic) bond motifs is 2. The van der Waals surface area contributed by atoms with Gasteiger partial charge in [-0.05, 0) is 43.2 Å². The molecular formula is C24H26FN3O4. The minimum absolute atomic E-state index is 0.224. The van der Waals surface area contributed by atoms with Crippen molar-refractivity contribution in [2.75, 3.05) is 44.8 Å². The first-order valence-electron chi connectivity index (χ1n) is 11.0. The van der Waals surface area contributed by atoms with Crippen molar-refractivity contribution < 1.29 is 23.2 Å². The van der Waals surface area contributed by atoms with E-state index in [1.54, 1.807) is 24.3 Å². The van der Waals surface area contributed by atoms with Crippen LogP contribution in [0.5, 0.6) is 5.75 Å². The van der Waals surface area contributed by atoms with Crippen LogP contribution < -0.4 is 9.64 Å². The Morgan fingerprint density at radius 1 is 1.19 bits per heavy atom. The highest BCUT2D eigenvalue weighted by Gasteiger charge is 2.34. The number of hydrogen-bond donors (Lipinski definition) is 0. The molecule has 5 rings (SSSR count). The van der Waals surface area contributed by atoms with Crippen molar-refractivity contribution in [3.05, 3.63) is 53.8 Å². The van der Waals surface area contributed by atoms with Gasteiger partial charge in [-0.3, -0.25) is 4.90 Å². The second-order valence-corrected chi connectivity index (χ2v) is 8.49. The average molecular weight is 439 g/mol. The Morgan fingerprint density at radius 3 is 2.94 bits per heavy atom. The molecule has 7 nitrogen and oxygen atoms in total. The smallest absolute Gasteiger partial charge is 0.337 e. The summed E-state index contributed by atoms with van der Waals surface area (Å²) in [6, 6.07) is 12.5. The molecule has 0 spiro atoms. The van der Waals surface area contributed by atoms with Crippen LogP contribution in [-0.2, 0) is 4.74 Å². The molecule has 0 aliphatic carbocycles. The number of carbonyl (C=O) groups is 1. The molecule has 2 aliphatic rings. The summed E-state index contributed by atoms with van der Waals surface area (Å²) in [5.41, 5.74) is 0.715. The van der Waals surface area contributed by atoms with Gasteiger partial charge in [-0.1, -0.05) is 17.3 Å². The molecule has 32 heavy (non-hydrogen) atoms. The van der Waals surface area contributed by atoms with E-state index in [9.17, 15) is 9.18 Å². The van der Waals surface area contributed by atoms with Crippen LogP contribution in [0.3, 0.4) is 0 Å². The maximum Gasteiger partial charge on any atom is 0.337 e. The third kappa shape index (κ3) is 4.02. The topological polar surface area (TPSA) is 68.0 Å². The molecule has 0 saturated carbocycles. The molecule has 3 aromatic rings. The summed E-state index contributed by atoms with van der Waals surface area (Å²) in [5, 5.41) is 4.89.